The molecule has 0 bridgehead atoms. The third-order valence-corrected chi connectivity index (χ3v) is 4.18. The molecule has 2 rings (SSSR count). The van der Waals surface area contributed by atoms with Crippen LogP contribution in [0.4, 0.5) is 0 Å². The Kier molecular flexibility index (Phi) is 7.14. The van der Waals surface area contributed by atoms with Crippen molar-refractivity contribution >= 4 is 17.7 Å². The number of benzene rings is 2. The lowest BCUT2D eigenvalue weighted by molar-refractivity contribution is -0.130. The molecule has 0 unspecified atom stereocenters. The van der Waals surface area contributed by atoms with Crippen molar-refractivity contribution in [1.82, 2.24) is 15.1 Å². The molecule has 2 aromatic carbocycles. The van der Waals surface area contributed by atoms with Gasteiger partial charge < -0.3 is 19.9 Å². The lowest BCUT2D eigenvalue weighted by atomic mass is 10.1. The Morgan fingerprint density at radius 2 is 1.61 bits per heavy atom. The predicted octanol–water partition coefficient (Wildman–Crippen LogP) is 1.79. The van der Waals surface area contributed by atoms with Gasteiger partial charge in [0.1, 0.15) is 5.75 Å². The Morgan fingerprint density at radius 3 is 2.21 bits per heavy atom. The van der Waals surface area contributed by atoms with E-state index in [1.807, 2.05) is 12.1 Å². The number of carbonyl (C=O) groups is 3. The zero-order valence-corrected chi connectivity index (χ0v) is 16.6. The van der Waals surface area contributed by atoms with Crippen molar-refractivity contribution in [3.8, 4) is 5.75 Å². The normalized spacial score (nSPS) is 10.1. The average molecular weight is 383 g/mol. The summed E-state index contributed by atoms with van der Waals surface area (Å²) in [4.78, 5) is 39.2. The summed E-state index contributed by atoms with van der Waals surface area (Å²) in [6.07, 6.45) is 0. The summed E-state index contributed by atoms with van der Waals surface area (Å²) < 4.78 is 5.55. The fourth-order valence-electron chi connectivity index (χ4n) is 2.49. The highest BCUT2D eigenvalue weighted by Gasteiger charge is 2.18. The third-order valence-electron chi connectivity index (χ3n) is 4.18. The molecular weight excluding hydrogens is 358 g/mol. The van der Waals surface area contributed by atoms with Gasteiger partial charge in [-0.05, 0) is 29.8 Å². The second-order valence-electron chi connectivity index (χ2n) is 6.51. The summed E-state index contributed by atoms with van der Waals surface area (Å²) in [6, 6.07) is 13.9. The second kappa shape index (κ2) is 9.55. The van der Waals surface area contributed by atoms with Gasteiger partial charge in [-0.1, -0.05) is 24.3 Å². The van der Waals surface area contributed by atoms with E-state index in [2.05, 4.69) is 5.32 Å². The van der Waals surface area contributed by atoms with Gasteiger partial charge in [0.25, 0.3) is 17.7 Å². The first-order valence-corrected chi connectivity index (χ1v) is 8.82. The molecule has 0 aromatic heterocycles. The van der Waals surface area contributed by atoms with Gasteiger partial charge in [-0.25, -0.2) is 0 Å². The molecule has 0 aliphatic carbocycles. The molecule has 0 aliphatic heterocycles. The standard InChI is InChI=1S/C21H25N3O4/c1-22-20(26)16-11-9-15(10-12-16)13-24(4)21(27)17-7-5-6-8-18(17)28-14-19(25)23(2)3/h5-12H,13-14H2,1-4H3,(H,22,26). The Bertz CT molecular complexity index is 847. The van der Waals surface area contributed by atoms with Crippen LogP contribution in [0.1, 0.15) is 26.3 Å². The minimum Gasteiger partial charge on any atom is -0.483 e. The maximum absolute atomic E-state index is 12.9. The lowest BCUT2D eigenvalue weighted by Gasteiger charge is -2.20. The summed E-state index contributed by atoms with van der Waals surface area (Å²) in [5.74, 6) is -0.200. The quantitative estimate of drug-likeness (QED) is 0.791. The molecule has 2 aromatic rings. The maximum Gasteiger partial charge on any atom is 0.259 e. The fourth-order valence-corrected chi connectivity index (χ4v) is 2.49. The van der Waals surface area contributed by atoms with Crippen molar-refractivity contribution in [3.63, 3.8) is 0 Å². The Morgan fingerprint density at radius 1 is 0.964 bits per heavy atom. The van der Waals surface area contributed by atoms with Gasteiger partial charge in [-0.2, -0.15) is 0 Å². The Hall–Kier alpha value is -3.35. The van der Waals surface area contributed by atoms with E-state index in [9.17, 15) is 14.4 Å². The van der Waals surface area contributed by atoms with Crippen LogP contribution < -0.4 is 10.1 Å². The molecule has 0 fully saturated rings. The van der Waals surface area contributed by atoms with Crippen LogP contribution in [0.3, 0.4) is 0 Å². The summed E-state index contributed by atoms with van der Waals surface area (Å²) in [5, 5.41) is 2.57. The highest BCUT2D eigenvalue weighted by Crippen LogP contribution is 2.20. The van der Waals surface area contributed by atoms with Gasteiger partial charge in [0.2, 0.25) is 0 Å². The minimum absolute atomic E-state index is 0.137. The molecule has 0 saturated heterocycles. The van der Waals surface area contributed by atoms with Gasteiger partial charge in [0, 0.05) is 40.3 Å². The molecule has 0 radical (unpaired) electrons. The molecule has 1 N–H and O–H groups in total. The van der Waals surface area contributed by atoms with Crippen LogP contribution >= 0.6 is 0 Å². The van der Waals surface area contributed by atoms with E-state index in [0.29, 0.717) is 23.4 Å². The van der Waals surface area contributed by atoms with E-state index < -0.39 is 0 Å². The van der Waals surface area contributed by atoms with Crippen molar-refractivity contribution in [1.29, 1.82) is 0 Å². The first kappa shape index (κ1) is 21.0. The largest absolute Gasteiger partial charge is 0.483 e. The zero-order chi connectivity index (χ0) is 20.7. The SMILES string of the molecule is CNC(=O)c1ccc(CN(C)C(=O)c2ccccc2OCC(=O)N(C)C)cc1. The van der Waals surface area contributed by atoms with E-state index in [1.165, 1.54) is 4.90 Å². The van der Waals surface area contributed by atoms with Gasteiger partial charge in [-0.3, -0.25) is 14.4 Å². The van der Waals surface area contributed by atoms with E-state index in [0.717, 1.165) is 5.56 Å². The smallest absolute Gasteiger partial charge is 0.259 e. The van der Waals surface area contributed by atoms with Crippen LogP contribution in [-0.4, -0.2) is 62.3 Å². The number of ether oxygens (including phenoxy) is 1. The molecule has 0 aliphatic rings. The Labute approximate surface area is 164 Å². The van der Waals surface area contributed by atoms with Crippen LogP contribution in [0, 0.1) is 0 Å². The number of rotatable bonds is 7. The van der Waals surface area contributed by atoms with Gasteiger partial charge in [0.15, 0.2) is 6.61 Å². The lowest BCUT2D eigenvalue weighted by Crippen LogP contribution is -2.29. The molecule has 148 valence electrons. The molecule has 0 saturated carbocycles. The van der Waals surface area contributed by atoms with Crippen molar-refractivity contribution in [3.05, 3.63) is 65.2 Å². The molecule has 28 heavy (non-hydrogen) atoms. The third kappa shape index (κ3) is 5.33. The van der Waals surface area contributed by atoms with Crippen molar-refractivity contribution in [2.75, 3.05) is 34.8 Å². The molecule has 7 heteroatoms. The molecule has 0 spiro atoms. The summed E-state index contributed by atoms with van der Waals surface area (Å²) in [5.41, 5.74) is 1.84. The molecule has 3 amide bonds. The van der Waals surface area contributed by atoms with Crippen molar-refractivity contribution in [2.45, 2.75) is 6.54 Å². The fraction of sp³-hybridized carbons (Fsp3) is 0.286. The maximum atomic E-state index is 12.9. The number of carbonyl (C=O) groups excluding carboxylic acids is 3. The monoisotopic (exact) mass is 383 g/mol. The molecule has 0 atom stereocenters. The van der Waals surface area contributed by atoms with Crippen LogP contribution in [0.5, 0.6) is 5.75 Å². The zero-order valence-electron chi connectivity index (χ0n) is 16.6. The van der Waals surface area contributed by atoms with Gasteiger partial charge >= 0.3 is 0 Å². The number of amides is 3. The topological polar surface area (TPSA) is 79.0 Å². The molecular formula is C21H25N3O4. The minimum atomic E-state index is -0.219. The average Bonchev–Trinajstić information content (AvgIpc) is 2.71. The number of nitrogens with one attached hydrogen (secondary N) is 1. The molecule has 7 nitrogen and oxygen atoms in total. The molecule has 0 heterocycles. The van der Waals surface area contributed by atoms with Crippen LogP contribution in [-0.2, 0) is 11.3 Å². The van der Waals surface area contributed by atoms with E-state index in [4.69, 9.17) is 4.74 Å². The van der Waals surface area contributed by atoms with Crippen LogP contribution in [0.25, 0.3) is 0 Å². The predicted molar refractivity (Wildman–Crippen MR) is 106 cm³/mol. The second-order valence-corrected chi connectivity index (χ2v) is 6.51. The number of hydrogen-bond acceptors (Lipinski definition) is 4. The number of hydrogen-bond donors (Lipinski definition) is 1. The first-order valence-electron chi connectivity index (χ1n) is 8.82. The van der Waals surface area contributed by atoms with E-state index in [-0.39, 0.29) is 24.3 Å². The number of nitrogens with zero attached hydrogens (tertiary/aromatic N) is 2. The van der Waals surface area contributed by atoms with Crippen molar-refractivity contribution in [2.24, 2.45) is 0 Å². The van der Waals surface area contributed by atoms with E-state index >= 15 is 0 Å². The van der Waals surface area contributed by atoms with Crippen LogP contribution in [0.2, 0.25) is 0 Å². The van der Waals surface area contributed by atoms with Crippen LogP contribution in [0.15, 0.2) is 48.5 Å². The van der Waals surface area contributed by atoms with Gasteiger partial charge in [0.05, 0.1) is 5.56 Å². The highest BCUT2D eigenvalue weighted by atomic mass is 16.5. The van der Waals surface area contributed by atoms with E-state index in [1.54, 1.807) is 69.5 Å². The number of likely N-dealkylation sites (N-methyl/N-ethyl adjacent to an activating group) is 1. The summed E-state index contributed by atoms with van der Waals surface area (Å²) >= 11 is 0. The number of para-hydroxylation sites is 1. The highest BCUT2D eigenvalue weighted by molar-refractivity contribution is 5.97. The summed E-state index contributed by atoms with van der Waals surface area (Å²) in [6.45, 7) is 0.236. The Balaban J connectivity index is 2.08. The van der Waals surface area contributed by atoms with Gasteiger partial charge in [-0.15, -0.1) is 0 Å². The summed E-state index contributed by atoms with van der Waals surface area (Å²) in [7, 11) is 6.56. The van der Waals surface area contributed by atoms with Crippen molar-refractivity contribution < 1.29 is 19.1 Å². The first-order chi connectivity index (χ1) is 13.3.